The molecule has 0 fully saturated rings. The Bertz CT molecular complexity index is 680. The fourth-order valence-corrected chi connectivity index (χ4v) is 2.98. The molecule has 128 valence electrons. The number of unbranched alkanes of at least 4 members (excludes halogenated alkanes) is 2. The van der Waals surface area contributed by atoms with Crippen molar-refractivity contribution in [1.82, 2.24) is 0 Å². The van der Waals surface area contributed by atoms with Crippen molar-refractivity contribution in [2.75, 3.05) is 0 Å². The van der Waals surface area contributed by atoms with Crippen molar-refractivity contribution < 1.29 is 13.2 Å². The van der Waals surface area contributed by atoms with E-state index in [1.807, 2.05) is 18.2 Å². The fourth-order valence-electron chi connectivity index (χ4n) is 2.85. The van der Waals surface area contributed by atoms with Crippen LogP contribution in [-0.2, 0) is 6.42 Å². The second-order valence-corrected chi connectivity index (χ2v) is 6.29. The van der Waals surface area contributed by atoms with E-state index in [1.54, 1.807) is 12.1 Å². The largest absolute Gasteiger partial charge is 0.207 e. The lowest BCUT2D eigenvalue weighted by Crippen LogP contribution is -2.10. The van der Waals surface area contributed by atoms with Crippen LogP contribution in [0.15, 0.2) is 49.1 Å². The summed E-state index contributed by atoms with van der Waals surface area (Å²) in [5.74, 6) is -3.22. The summed E-state index contributed by atoms with van der Waals surface area (Å²) in [4.78, 5) is 0. The molecule has 4 heteroatoms. The smallest absolute Gasteiger partial charge is 0.165 e. The Morgan fingerprint density at radius 2 is 1.62 bits per heavy atom. The number of hydrogen-bond acceptors (Lipinski definition) is 0. The maximum Gasteiger partial charge on any atom is 0.165 e. The lowest BCUT2D eigenvalue weighted by Gasteiger charge is -2.19. The molecule has 0 aliphatic carbocycles. The molecule has 1 atom stereocenters. The molecule has 0 radical (unpaired) electrons. The summed E-state index contributed by atoms with van der Waals surface area (Å²) in [5, 5.41) is 0.601. The van der Waals surface area contributed by atoms with E-state index in [1.165, 1.54) is 0 Å². The SMILES string of the molecule is C=CCCCCC(Cc1ccc(Cl)cc1)c1c(F)ccc(F)c1F. The Morgan fingerprint density at radius 1 is 0.958 bits per heavy atom. The molecule has 2 rings (SSSR count). The first kappa shape index (κ1) is 18.6. The Balaban J connectivity index is 2.26. The topological polar surface area (TPSA) is 0 Å². The second kappa shape index (κ2) is 8.93. The Kier molecular flexibility index (Phi) is 6.92. The molecule has 2 aromatic rings. The molecular weight excluding hydrogens is 333 g/mol. The third-order valence-corrected chi connectivity index (χ3v) is 4.35. The van der Waals surface area contributed by atoms with Crippen LogP contribution in [0.4, 0.5) is 13.2 Å². The summed E-state index contributed by atoms with van der Waals surface area (Å²) in [6, 6.07) is 8.95. The molecule has 0 nitrogen and oxygen atoms in total. The van der Waals surface area contributed by atoms with E-state index in [4.69, 9.17) is 11.6 Å². The van der Waals surface area contributed by atoms with E-state index in [0.717, 1.165) is 37.0 Å². The van der Waals surface area contributed by atoms with Gasteiger partial charge in [-0.3, -0.25) is 0 Å². The van der Waals surface area contributed by atoms with Gasteiger partial charge in [-0.15, -0.1) is 6.58 Å². The standard InChI is InChI=1S/C20H20ClF3/c1-2-3-4-5-6-15(13-14-7-9-16(21)10-8-14)19-17(22)11-12-18(23)20(19)24/h2,7-12,15H,1,3-6,13H2. The molecule has 1 unspecified atom stereocenters. The Hall–Kier alpha value is -1.74. The predicted octanol–water partition coefficient (Wildman–Crippen LogP) is 6.83. The van der Waals surface area contributed by atoms with Gasteiger partial charge in [-0.2, -0.15) is 0 Å². The number of allylic oxidation sites excluding steroid dienone is 1. The molecule has 0 saturated heterocycles. The van der Waals surface area contributed by atoms with Gasteiger partial charge in [0, 0.05) is 10.6 Å². The molecule has 0 aliphatic rings. The molecular formula is C20H20ClF3. The zero-order valence-corrected chi connectivity index (χ0v) is 14.1. The monoisotopic (exact) mass is 352 g/mol. The van der Waals surface area contributed by atoms with E-state index in [9.17, 15) is 13.2 Å². The molecule has 0 saturated carbocycles. The van der Waals surface area contributed by atoms with Crippen molar-refractivity contribution in [2.24, 2.45) is 0 Å². The van der Waals surface area contributed by atoms with Crippen molar-refractivity contribution in [3.8, 4) is 0 Å². The summed E-state index contributed by atoms with van der Waals surface area (Å²) in [7, 11) is 0. The first-order valence-corrected chi connectivity index (χ1v) is 8.39. The molecule has 0 bridgehead atoms. The third kappa shape index (κ3) is 4.88. The first-order valence-electron chi connectivity index (χ1n) is 8.01. The number of halogens is 4. The fraction of sp³-hybridized carbons (Fsp3) is 0.300. The predicted molar refractivity (Wildman–Crippen MR) is 92.9 cm³/mol. The minimum atomic E-state index is -1.09. The zero-order valence-electron chi connectivity index (χ0n) is 13.4. The summed E-state index contributed by atoms with van der Waals surface area (Å²) in [6.07, 6.45) is 5.36. The van der Waals surface area contributed by atoms with Gasteiger partial charge in [-0.1, -0.05) is 36.2 Å². The molecule has 0 spiro atoms. The van der Waals surface area contributed by atoms with Crippen LogP contribution < -0.4 is 0 Å². The highest BCUT2D eigenvalue weighted by Crippen LogP contribution is 2.32. The highest BCUT2D eigenvalue weighted by molar-refractivity contribution is 6.30. The van der Waals surface area contributed by atoms with Crippen molar-refractivity contribution in [3.05, 3.63) is 82.7 Å². The van der Waals surface area contributed by atoms with Gasteiger partial charge in [0.25, 0.3) is 0 Å². The second-order valence-electron chi connectivity index (χ2n) is 5.86. The van der Waals surface area contributed by atoms with Gasteiger partial charge in [0.1, 0.15) is 5.82 Å². The van der Waals surface area contributed by atoms with Crippen molar-refractivity contribution in [3.63, 3.8) is 0 Å². The zero-order chi connectivity index (χ0) is 17.5. The maximum absolute atomic E-state index is 14.2. The van der Waals surface area contributed by atoms with Gasteiger partial charge in [-0.05, 0) is 61.4 Å². The van der Waals surface area contributed by atoms with Crippen molar-refractivity contribution in [1.29, 1.82) is 0 Å². The summed E-state index contributed by atoms with van der Waals surface area (Å²) in [6.45, 7) is 3.67. The number of rotatable bonds is 8. The van der Waals surface area contributed by atoms with Crippen molar-refractivity contribution in [2.45, 2.75) is 38.0 Å². The van der Waals surface area contributed by atoms with Gasteiger partial charge in [0.2, 0.25) is 0 Å². The highest BCUT2D eigenvalue weighted by Gasteiger charge is 2.23. The van der Waals surface area contributed by atoms with Crippen molar-refractivity contribution >= 4 is 11.6 Å². The van der Waals surface area contributed by atoms with Crippen LogP contribution in [0.3, 0.4) is 0 Å². The Labute approximate surface area is 146 Å². The van der Waals surface area contributed by atoms with Crippen LogP contribution in [0, 0.1) is 17.5 Å². The normalized spacial score (nSPS) is 12.2. The van der Waals surface area contributed by atoms with E-state index < -0.39 is 23.4 Å². The molecule has 0 amide bonds. The average Bonchev–Trinajstić information content (AvgIpc) is 2.57. The number of benzene rings is 2. The van der Waals surface area contributed by atoms with Crippen LogP contribution in [0.5, 0.6) is 0 Å². The quantitative estimate of drug-likeness (QED) is 0.277. The maximum atomic E-state index is 14.2. The van der Waals surface area contributed by atoms with E-state index in [0.29, 0.717) is 17.9 Å². The molecule has 0 aromatic heterocycles. The highest BCUT2D eigenvalue weighted by atomic mass is 35.5. The number of hydrogen-bond donors (Lipinski definition) is 0. The molecule has 24 heavy (non-hydrogen) atoms. The van der Waals surface area contributed by atoms with Crippen LogP contribution >= 0.6 is 11.6 Å². The summed E-state index contributed by atoms with van der Waals surface area (Å²) >= 11 is 5.88. The summed E-state index contributed by atoms with van der Waals surface area (Å²) < 4.78 is 42.0. The Morgan fingerprint density at radius 3 is 2.29 bits per heavy atom. The minimum Gasteiger partial charge on any atom is -0.207 e. The average molecular weight is 353 g/mol. The van der Waals surface area contributed by atoms with Crippen LogP contribution in [-0.4, -0.2) is 0 Å². The molecule has 0 N–H and O–H groups in total. The summed E-state index contributed by atoms with van der Waals surface area (Å²) in [5.41, 5.74) is 0.750. The third-order valence-electron chi connectivity index (χ3n) is 4.09. The van der Waals surface area contributed by atoms with Gasteiger partial charge in [-0.25, -0.2) is 13.2 Å². The van der Waals surface area contributed by atoms with E-state index in [-0.39, 0.29) is 5.56 Å². The van der Waals surface area contributed by atoms with E-state index in [2.05, 4.69) is 6.58 Å². The van der Waals surface area contributed by atoms with Gasteiger partial charge in [0.05, 0.1) is 0 Å². The van der Waals surface area contributed by atoms with Crippen LogP contribution in [0.1, 0.15) is 42.7 Å². The van der Waals surface area contributed by atoms with Gasteiger partial charge in [0.15, 0.2) is 11.6 Å². The lowest BCUT2D eigenvalue weighted by atomic mass is 9.86. The molecule has 0 heterocycles. The molecule has 0 aliphatic heterocycles. The van der Waals surface area contributed by atoms with Crippen LogP contribution in [0.25, 0.3) is 0 Å². The molecule has 2 aromatic carbocycles. The van der Waals surface area contributed by atoms with Gasteiger partial charge < -0.3 is 0 Å². The first-order chi connectivity index (χ1) is 11.5. The lowest BCUT2D eigenvalue weighted by molar-refractivity contribution is 0.449. The minimum absolute atomic E-state index is 0.163. The van der Waals surface area contributed by atoms with E-state index >= 15 is 0 Å². The van der Waals surface area contributed by atoms with Gasteiger partial charge >= 0.3 is 0 Å². The van der Waals surface area contributed by atoms with Crippen LogP contribution in [0.2, 0.25) is 5.02 Å².